The lowest BCUT2D eigenvalue weighted by Gasteiger charge is -2.03. The van der Waals surface area contributed by atoms with Crippen molar-refractivity contribution in [1.29, 1.82) is 0 Å². The average Bonchev–Trinajstić information content (AvgIpc) is 2.16. The van der Waals surface area contributed by atoms with E-state index in [9.17, 15) is 4.79 Å². The zero-order valence-electron chi connectivity index (χ0n) is 7.85. The predicted octanol–water partition coefficient (Wildman–Crippen LogP) is 0.591. The van der Waals surface area contributed by atoms with Gasteiger partial charge in [-0.25, -0.2) is 0 Å². The van der Waals surface area contributed by atoms with Crippen molar-refractivity contribution in [3.05, 3.63) is 0 Å². The minimum absolute atomic E-state index is 0.00757. The Morgan fingerprint density at radius 2 is 1.85 bits per heavy atom. The largest absolute Gasteiger partial charge is 0.379 e. The van der Waals surface area contributed by atoms with Gasteiger partial charge in [0.15, 0.2) is 0 Å². The van der Waals surface area contributed by atoms with Crippen LogP contribution in [0.3, 0.4) is 0 Å². The number of ether oxygens (including phenoxy) is 2. The van der Waals surface area contributed by atoms with Crippen LogP contribution >= 0.6 is 22.6 Å². The minimum atomic E-state index is 0.00757. The fourth-order valence-electron chi connectivity index (χ4n) is 0.666. The highest BCUT2D eigenvalue weighted by Crippen LogP contribution is 1.85. The molecule has 1 amide bonds. The highest BCUT2D eigenvalue weighted by atomic mass is 127. The van der Waals surface area contributed by atoms with Crippen LogP contribution in [0.5, 0.6) is 0 Å². The highest BCUT2D eigenvalue weighted by molar-refractivity contribution is 14.1. The van der Waals surface area contributed by atoms with Gasteiger partial charge in [-0.15, -0.1) is 0 Å². The molecule has 1 N–H and O–H groups in total. The molecule has 0 saturated heterocycles. The van der Waals surface area contributed by atoms with E-state index in [0.29, 0.717) is 26.2 Å². The van der Waals surface area contributed by atoms with Crippen LogP contribution in [0.25, 0.3) is 0 Å². The van der Waals surface area contributed by atoms with Crippen LogP contribution < -0.4 is 5.32 Å². The molecule has 0 heterocycles. The zero-order valence-corrected chi connectivity index (χ0v) is 10.0. The molecular weight excluding hydrogens is 285 g/mol. The van der Waals surface area contributed by atoms with Gasteiger partial charge in [-0.1, -0.05) is 22.6 Å². The van der Waals surface area contributed by atoms with Crippen LogP contribution in [0.4, 0.5) is 0 Å². The summed E-state index contributed by atoms with van der Waals surface area (Å²) in [7, 11) is 1.62. The Balaban J connectivity index is 2.95. The molecule has 78 valence electrons. The number of hydrogen-bond donors (Lipinski definition) is 1. The van der Waals surface area contributed by atoms with Crippen LogP contribution in [0.2, 0.25) is 0 Å². The van der Waals surface area contributed by atoms with Crippen LogP contribution in [0, 0.1) is 0 Å². The standard InChI is InChI=1S/C8H16INO3/c1-10-8(11)2-4-12-6-7-13-5-3-9/h2-7H2,1H3,(H,10,11). The Labute approximate surface area is 92.5 Å². The summed E-state index contributed by atoms with van der Waals surface area (Å²) in [5, 5.41) is 2.52. The highest BCUT2D eigenvalue weighted by Gasteiger charge is 1.96. The number of hydrogen-bond acceptors (Lipinski definition) is 3. The first-order valence-corrected chi connectivity index (χ1v) is 5.76. The number of amides is 1. The Morgan fingerprint density at radius 3 is 2.38 bits per heavy atom. The van der Waals surface area contributed by atoms with Crippen molar-refractivity contribution in [2.24, 2.45) is 0 Å². The van der Waals surface area contributed by atoms with Gasteiger partial charge in [0.2, 0.25) is 5.91 Å². The van der Waals surface area contributed by atoms with Crippen molar-refractivity contribution in [2.45, 2.75) is 6.42 Å². The van der Waals surface area contributed by atoms with E-state index in [1.165, 1.54) is 0 Å². The Kier molecular flexibility index (Phi) is 10.3. The minimum Gasteiger partial charge on any atom is -0.379 e. The van der Waals surface area contributed by atoms with Crippen LogP contribution in [0.15, 0.2) is 0 Å². The van der Waals surface area contributed by atoms with E-state index in [1.807, 2.05) is 0 Å². The van der Waals surface area contributed by atoms with E-state index in [-0.39, 0.29) is 5.91 Å². The second kappa shape index (κ2) is 10.2. The molecule has 0 aliphatic heterocycles. The van der Waals surface area contributed by atoms with Gasteiger partial charge in [0.25, 0.3) is 0 Å². The molecule has 4 nitrogen and oxygen atoms in total. The van der Waals surface area contributed by atoms with Crippen LogP contribution in [0.1, 0.15) is 6.42 Å². The third-order valence-corrected chi connectivity index (χ3v) is 1.79. The van der Waals surface area contributed by atoms with Gasteiger partial charge in [-0.05, 0) is 0 Å². The number of rotatable bonds is 8. The fourth-order valence-corrected chi connectivity index (χ4v) is 0.978. The first kappa shape index (κ1) is 13.1. The van der Waals surface area contributed by atoms with Gasteiger partial charge in [-0.2, -0.15) is 0 Å². The Bertz CT molecular complexity index is 133. The van der Waals surface area contributed by atoms with Crippen molar-refractivity contribution in [2.75, 3.05) is 37.9 Å². The molecule has 0 radical (unpaired) electrons. The van der Waals surface area contributed by atoms with Gasteiger partial charge in [-0.3, -0.25) is 4.79 Å². The van der Waals surface area contributed by atoms with E-state index in [0.717, 1.165) is 11.0 Å². The molecule has 0 unspecified atom stereocenters. The van der Waals surface area contributed by atoms with Gasteiger partial charge in [0.1, 0.15) is 0 Å². The molecule has 13 heavy (non-hydrogen) atoms. The molecule has 0 aliphatic rings. The molecule has 0 fully saturated rings. The van der Waals surface area contributed by atoms with E-state index >= 15 is 0 Å². The summed E-state index contributed by atoms with van der Waals surface area (Å²) in [6.45, 7) is 2.40. The van der Waals surface area contributed by atoms with E-state index in [4.69, 9.17) is 9.47 Å². The maximum atomic E-state index is 10.7. The quantitative estimate of drug-likeness (QED) is 0.405. The first-order valence-electron chi connectivity index (χ1n) is 4.23. The molecule has 5 heteroatoms. The molecule has 0 aromatic heterocycles. The summed E-state index contributed by atoms with van der Waals surface area (Å²) in [6.07, 6.45) is 0.419. The first-order chi connectivity index (χ1) is 6.31. The summed E-state index contributed by atoms with van der Waals surface area (Å²) in [4.78, 5) is 10.7. The molecule has 0 aliphatic carbocycles. The summed E-state index contributed by atoms with van der Waals surface area (Å²) in [6, 6.07) is 0. The molecular formula is C8H16INO3. The van der Waals surface area contributed by atoms with Gasteiger partial charge in [0.05, 0.1) is 26.4 Å². The van der Waals surface area contributed by atoms with E-state index < -0.39 is 0 Å². The van der Waals surface area contributed by atoms with Crippen molar-refractivity contribution in [1.82, 2.24) is 5.32 Å². The molecule has 0 bridgehead atoms. The fraction of sp³-hybridized carbons (Fsp3) is 0.875. The van der Waals surface area contributed by atoms with Crippen molar-refractivity contribution >= 4 is 28.5 Å². The smallest absolute Gasteiger partial charge is 0.222 e. The lowest BCUT2D eigenvalue weighted by Crippen LogP contribution is -2.19. The topological polar surface area (TPSA) is 47.6 Å². The van der Waals surface area contributed by atoms with E-state index in [2.05, 4.69) is 27.9 Å². The zero-order chi connectivity index (χ0) is 9.94. The van der Waals surface area contributed by atoms with Crippen LogP contribution in [-0.2, 0) is 14.3 Å². The Hall–Kier alpha value is 0.120. The number of carbonyl (C=O) groups is 1. The number of alkyl halides is 1. The maximum absolute atomic E-state index is 10.7. The molecule has 0 aromatic rings. The molecule has 0 aromatic carbocycles. The van der Waals surface area contributed by atoms with Gasteiger partial charge < -0.3 is 14.8 Å². The van der Waals surface area contributed by atoms with Gasteiger partial charge in [0, 0.05) is 17.9 Å². The lowest BCUT2D eigenvalue weighted by molar-refractivity contribution is -0.121. The normalized spacial score (nSPS) is 10.0. The summed E-state index contributed by atoms with van der Waals surface area (Å²) < 4.78 is 11.3. The SMILES string of the molecule is CNC(=O)CCOCCOCCI. The number of nitrogens with one attached hydrogen (secondary N) is 1. The summed E-state index contributed by atoms with van der Waals surface area (Å²) in [5.74, 6) is 0.00757. The van der Waals surface area contributed by atoms with Crippen molar-refractivity contribution < 1.29 is 14.3 Å². The molecule has 0 saturated carbocycles. The second-order valence-electron chi connectivity index (χ2n) is 2.34. The second-order valence-corrected chi connectivity index (χ2v) is 3.42. The molecule has 0 spiro atoms. The third kappa shape index (κ3) is 10.0. The Morgan fingerprint density at radius 1 is 1.23 bits per heavy atom. The number of halogens is 1. The van der Waals surface area contributed by atoms with Crippen molar-refractivity contribution in [3.8, 4) is 0 Å². The summed E-state index contributed by atoms with van der Waals surface area (Å²) in [5.41, 5.74) is 0. The predicted molar refractivity (Wildman–Crippen MR) is 59.2 cm³/mol. The average molecular weight is 301 g/mol. The van der Waals surface area contributed by atoms with Crippen molar-refractivity contribution in [3.63, 3.8) is 0 Å². The van der Waals surface area contributed by atoms with Crippen LogP contribution in [-0.4, -0.2) is 43.8 Å². The van der Waals surface area contributed by atoms with Gasteiger partial charge >= 0.3 is 0 Å². The number of carbonyl (C=O) groups excluding carboxylic acids is 1. The lowest BCUT2D eigenvalue weighted by atomic mass is 10.4. The summed E-state index contributed by atoms with van der Waals surface area (Å²) >= 11 is 2.25. The third-order valence-electron chi connectivity index (χ3n) is 1.35. The maximum Gasteiger partial charge on any atom is 0.222 e. The molecule has 0 rings (SSSR count). The monoisotopic (exact) mass is 301 g/mol. The molecule has 0 atom stereocenters. The van der Waals surface area contributed by atoms with E-state index in [1.54, 1.807) is 7.05 Å².